The number of carbonyl (C=O) groups is 1. The van der Waals surface area contributed by atoms with Crippen molar-refractivity contribution in [3.8, 4) is 11.4 Å². The molecular formula is C14H17ClN4O2. The van der Waals surface area contributed by atoms with Crippen LogP contribution in [0.3, 0.4) is 0 Å². The third-order valence-electron chi connectivity index (χ3n) is 3.29. The van der Waals surface area contributed by atoms with Gasteiger partial charge in [-0.2, -0.15) is 0 Å². The van der Waals surface area contributed by atoms with E-state index in [0.29, 0.717) is 17.3 Å². The zero-order valence-electron chi connectivity index (χ0n) is 12.0. The van der Waals surface area contributed by atoms with E-state index in [1.165, 1.54) is 0 Å². The lowest BCUT2D eigenvalue weighted by atomic mass is 10.1. The van der Waals surface area contributed by atoms with Crippen LogP contribution in [-0.2, 0) is 4.79 Å². The number of benzene rings is 1. The first-order chi connectivity index (χ1) is 10.0. The fraction of sp³-hybridized carbons (Fsp3) is 0.429. The van der Waals surface area contributed by atoms with Crippen LogP contribution in [0.4, 0.5) is 0 Å². The summed E-state index contributed by atoms with van der Waals surface area (Å²) in [5.41, 5.74) is 1.75. The molecule has 0 fully saturated rings. The monoisotopic (exact) mass is 308 g/mol. The van der Waals surface area contributed by atoms with Crippen molar-refractivity contribution in [3.05, 3.63) is 28.8 Å². The van der Waals surface area contributed by atoms with E-state index in [4.69, 9.17) is 16.7 Å². The Hall–Kier alpha value is -1.95. The number of nitrogens with zero attached hydrogens (tertiary/aromatic N) is 4. The van der Waals surface area contributed by atoms with Crippen LogP contribution in [-0.4, -0.2) is 31.3 Å². The molecule has 1 aromatic heterocycles. The number of aromatic nitrogens is 4. The maximum Gasteiger partial charge on any atom is 0.305 e. The first-order valence-electron chi connectivity index (χ1n) is 6.79. The van der Waals surface area contributed by atoms with E-state index in [1.54, 1.807) is 10.7 Å². The van der Waals surface area contributed by atoms with Gasteiger partial charge in [-0.15, -0.1) is 5.10 Å². The molecule has 0 radical (unpaired) electrons. The molecule has 0 aliphatic heterocycles. The number of aryl methyl sites for hydroxylation is 1. The summed E-state index contributed by atoms with van der Waals surface area (Å²) >= 11 is 6.03. The Balaban J connectivity index is 2.39. The molecule has 1 unspecified atom stereocenters. The number of carboxylic acid groups (broad SMARTS) is 1. The van der Waals surface area contributed by atoms with E-state index in [2.05, 4.69) is 15.5 Å². The fourth-order valence-electron chi connectivity index (χ4n) is 2.26. The maximum absolute atomic E-state index is 11.0. The first kappa shape index (κ1) is 15.4. The predicted octanol–water partition coefficient (Wildman–Crippen LogP) is 3.12. The molecule has 1 atom stereocenters. The van der Waals surface area contributed by atoms with Gasteiger partial charge in [0, 0.05) is 10.6 Å². The summed E-state index contributed by atoms with van der Waals surface area (Å²) in [7, 11) is 0. The highest BCUT2D eigenvalue weighted by molar-refractivity contribution is 6.31. The summed E-state index contributed by atoms with van der Waals surface area (Å²) in [4.78, 5) is 11.0. The Morgan fingerprint density at radius 3 is 2.86 bits per heavy atom. The van der Waals surface area contributed by atoms with E-state index < -0.39 is 5.97 Å². The van der Waals surface area contributed by atoms with E-state index in [9.17, 15) is 4.79 Å². The molecular weight excluding hydrogens is 292 g/mol. The van der Waals surface area contributed by atoms with Gasteiger partial charge in [0.1, 0.15) is 0 Å². The highest BCUT2D eigenvalue weighted by Crippen LogP contribution is 2.27. The minimum Gasteiger partial charge on any atom is -0.481 e. The van der Waals surface area contributed by atoms with Crippen LogP contribution in [0.5, 0.6) is 0 Å². The highest BCUT2D eigenvalue weighted by Gasteiger charge is 2.20. The number of tetrazole rings is 1. The van der Waals surface area contributed by atoms with Crippen LogP contribution in [0.2, 0.25) is 5.02 Å². The van der Waals surface area contributed by atoms with Crippen molar-refractivity contribution in [2.24, 2.45) is 0 Å². The second-order valence-electron chi connectivity index (χ2n) is 4.95. The van der Waals surface area contributed by atoms with Crippen molar-refractivity contribution < 1.29 is 9.90 Å². The van der Waals surface area contributed by atoms with Crippen LogP contribution in [0.15, 0.2) is 18.2 Å². The minimum absolute atomic E-state index is 0.00154. The molecule has 0 saturated heterocycles. The molecule has 0 aliphatic rings. The maximum atomic E-state index is 11.0. The normalized spacial score (nSPS) is 12.3. The average Bonchev–Trinajstić information content (AvgIpc) is 2.90. The number of halogens is 1. The van der Waals surface area contributed by atoms with Gasteiger partial charge < -0.3 is 5.11 Å². The van der Waals surface area contributed by atoms with E-state index in [0.717, 1.165) is 17.5 Å². The quantitative estimate of drug-likeness (QED) is 0.886. The van der Waals surface area contributed by atoms with Gasteiger partial charge >= 0.3 is 5.97 Å². The molecule has 0 spiro atoms. The fourth-order valence-corrected chi connectivity index (χ4v) is 2.38. The van der Waals surface area contributed by atoms with Gasteiger partial charge in [-0.05, 0) is 47.5 Å². The largest absolute Gasteiger partial charge is 0.481 e. The van der Waals surface area contributed by atoms with Gasteiger partial charge in [0.2, 0.25) is 0 Å². The lowest BCUT2D eigenvalue weighted by Crippen LogP contribution is -2.16. The summed E-state index contributed by atoms with van der Waals surface area (Å²) in [6, 6.07) is 5.26. The van der Waals surface area contributed by atoms with Crippen molar-refractivity contribution in [2.75, 3.05) is 0 Å². The van der Waals surface area contributed by atoms with Crippen molar-refractivity contribution >= 4 is 17.6 Å². The van der Waals surface area contributed by atoms with Crippen molar-refractivity contribution in [1.82, 2.24) is 20.2 Å². The van der Waals surface area contributed by atoms with Gasteiger partial charge in [0.05, 0.1) is 12.5 Å². The van der Waals surface area contributed by atoms with E-state index in [-0.39, 0.29) is 12.5 Å². The van der Waals surface area contributed by atoms with Crippen LogP contribution < -0.4 is 0 Å². The van der Waals surface area contributed by atoms with Crippen LogP contribution in [0.1, 0.15) is 37.8 Å². The minimum atomic E-state index is -0.859. The molecule has 2 aromatic rings. The van der Waals surface area contributed by atoms with Crippen molar-refractivity contribution in [2.45, 2.75) is 39.2 Å². The molecule has 6 nitrogen and oxygen atoms in total. The Labute approximate surface area is 127 Å². The Bertz CT molecular complexity index is 642. The number of carboxylic acids is 1. The first-order valence-corrected chi connectivity index (χ1v) is 7.17. The molecule has 2 rings (SSSR count). The standard InChI is InChI=1S/C14H17ClN4O2/c1-3-4-11(8-13(20)21)19-14(16-17-18-19)10-5-6-12(15)9(2)7-10/h5-7,11H,3-4,8H2,1-2H3,(H,20,21). The zero-order chi connectivity index (χ0) is 15.4. The molecule has 0 bridgehead atoms. The molecule has 112 valence electrons. The lowest BCUT2D eigenvalue weighted by Gasteiger charge is -2.15. The number of hydrogen-bond donors (Lipinski definition) is 1. The Kier molecular flexibility index (Phi) is 4.90. The predicted molar refractivity (Wildman–Crippen MR) is 79.2 cm³/mol. The summed E-state index contributed by atoms with van der Waals surface area (Å²) in [5, 5.41) is 21.4. The number of rotatable bonds is 6. The number of aliphatic carboxylic acids is 1. The molecule has 7 heteroatoms. The van der Waals surface area contributed by atoms with E-state index in [1.807, 2.05) is 26.0 Å². The summed E-state index contributed by atoms with van der Waals surface area (Å²) < 4.78 is 1.60. The summed E-state index contributed by atoms with van der Waals surface area (Å²) in [6.07, 6.45) is 1.56. The van der Waals surface area contributed by atoms with Crippen LogP contribution in [0.25, 0.3) is 11.4 Å². The second-order valence-corrected chi connectivity index (χ2v) is 5.36. The summed E-state index contributed by atoms with van der Waals surface area (Å²) in [6.45, 7) is 3.91. The molecule has 0 aliphatic carbocycles. The third-order valence-corrected chi connectivity index (χ3v) is 3.71. The van der Waals surface area contributed by atoms with E-state index >= 15 is 0 Å². The molecule has 1 aromatic carbocycles. The van der Waals surface area contributed by atoms with Crippen LogP contribution >= 0.6 is 11.6 Å². The van der Waals surface area contributed by atoms with Gasteiger partial charge in [-0.25, -0.2) is 4.68 Å². The van der Waals surface area contributed by atoms with Gasteiger partial charge in [-0.1, -0.05) is 24.9 Å². The Morgan fingerprint density at radius 1 is 1.48 bits per heavy atom. The molecule has 21 heavy (non-hydrogen) atoms. The lowest BCUT2D eigenvalue weighted by molar-refractivity contribution is -0.138. The average molecular weight is 309 g/mol. The molecule has 0 saturated carbocycles. The number of hydrogen-bond acceptors (Lipinski definition) is 4. The second kappa shape index (κ2) is 6.67. The topological polar surface area (TPSA) is 80.9 Å². The zero-order valence-corrected chi connectivity index (χ0v) is 12.7. The molecule has 0 amide bonds. The third kappa shape index (κ3) is 3.58. The van der Waals surface area contributed by atoms with Gasteiger partial charge in [-0.3, -0.25) is 4.79 Å². The van der Waals surface area contributed by atoms with Crippen molar-refractivity contribution in [1.29, 1.82) is 0 Å². The molecule has 1 heterocycles. The van der Waals surface area contributed by atoms with Crippen molar-refractivity contribution in [3.63, 3.8) is 0 Å². The van der Waals surface area contributed by atoms with Gasteiger partial charge in [0.15, 0.2) is 5.82 Å². The molecule has 1 N–H and O–H groups in total. The smallest absolute Gasteiger partial charge is 0.305 e. The Morgan fingerprint density at radius 2 is 2.24 bits per heavy atom. The SMILES string of the molecule is CCCC(CC(=O)O)n1nnnc1-c1ccc(Cl)c(C)c1. The van der Waals surface area contributed by atoms with Crippen LogP contribution in [0, 0.1) is 6.92 Å². The van der Waals surface area contributed by atoms with Gasteiger partial charge in [0.25, 0.3) is 0 Å². The highest BCUT2D eigenvalue weighted by atomic mass is 35.5. The summed E-state index contributed by atoms with van der Waals surface area (Å²) in [5.74, 6) is -0.295.